The molecule has 3 rings (SSSR count). The lowest BCUT2D eigenvalue weighted by Gasteiger charge is -2.22. The second-order valence-electron chi connectivity index (χ2n) is 6.47. The molecule has 2 amide bonds. The normalized spacial score (nSPS) is 10.3. The lowest BCUT2D eigenvalue weighted by molar-refractivity contribution is -0.123. The maximum Gasteiger partial charge on any atom is 0.239 e. The number of aryl methyl sites for hydroxylation is 1. The Balaban J connectivity index is 1.72. The maximum absolute atomic E-state index is 12.9. The molecular formula is C23H20ClN3O3. The molecule has 0 fully saturated rings. The number of amides is 2. The summed E-state index contributed by atoms with van der Waals surface area (Å²) in [6.07, 6.45) is 7.49. The first kappa shape index (κ1) is 21.2. The zero-order chi connectivity index (χ0) is 21.5. The largest absolute Gasteiger partial charge is 0.441 e. The average molecular weight is 422 g/mol. The molecule has 6 nitrogen and oxygen atoms in total. The van der Waals surface area contributed by atoms with Gasteiger partial charge in [0, 0.05) is 41.7 Å². The van der Waals surface area contributed by atoms with Gasteiger partial charge in [-0.15, -0.1) is 6.42 Å². The molecule has 1 aromatic heterocycles. The Labute approximate surface area is 179 Å². The molecule has 0 aliphatic carbocycles. The van der Waals surface area contributed by atoms with Crippen molar-refractivity contribution in [2.75, 3.05) is 18.5 Å². The number of carbonyl (C=O) groups excluding carboxylic acids is 2. The quantitative estimate of drug-likeness (QED) is 0.590. The van der Waals surface area contributed by atoms with E-state index in [0.29, 0.717) is 34.3 Å². The van der Waals surface area contributed by atoms with Crippen LogP contribution in [0.15, 0.2) is 59.1 Å². The van der Waals surface area contributed by atoms with Gasteiger partial charge in [-0.05, 0) is 42.5 Å². The van der Waals surface area contributed by atoms with E-state index in [2.05, 4.69) is 16.2 Å². The summed E-state index contributed by atoms with van der Waals surface area (Å²) >= 11 is 5.91. The zero-order valence-electron chi connectivity index (χ0n) is 16.4. The molecule has 0 radical (unpaired) electrons. The second-order valence-corrected chi connectivity index (χ2v) is 6.91. The highest BCUT2D eigenvalue weighted by Crippen LogP contribution is 2.23. The molecule has 0 aliphatic heterocycles. The van der Waals surface area contributed by atoms with Crippen LogP contribution < -0.4 is 10.2 Å². The van der Waals surface area contributed by atoms with Crippen LogP contribution in [0.3, 0.4) is 0 Å². The standard InChI is InChI=1S/C23H20ClN3O3/c1-3-16-5-4-6-19(13-16)27(15-21(28)25-2)23(29)12-11-22-26-14-20(30-22)17-7-9-18(24)10-8-17/h1,4-10,13-14H,11-12,15H2,2H3,(H,25,28). The minimum absolute atomic E-state index is 0.106. The summed E-state index contributed by atoms with van der Waals surface area (Å²) < 4.78 is 5.75. The third-order valence-corrected chi connectivity index (χ3v) is 4.69. The van der Waals surface area contributed by atoms with Crippen molar-refractivity contribution in [3.8, 4) is 23.7 Å². The van der Waals surface area contributed by atoms with Crippen LogP contribution in [0.1, 0.15) is 17.9 Å². The van der Waals surface area contributed by atoms with Crippen molar-refractivity contribution in [1.82, 2.24) is 10.3 Å². The van der Waals surface area contributed by atoms with Gasteiger partial charge in [-0.3, -0.25) is 9.59 Å². The number of nitrogens with zero attached hydrogens (tertiary/aromatic N) is 2. The predicted molar refractivity (Wildman–Crippen MR) is 116 cm³/mol. The van der Waals surface area contributed by atoms with Gasteiger partial charge in [0.2, 0.25) is 11.8 Å². The number of halogens is 1. The third kappa shape index (κ3) is 5.28. The number of oxazole rings is 1. The van der Waals surface area contributed by atoms with Crippen LogP contribution in [0, 0.1) is 12.3 Å². The van der Waals surface area contributed by atoms with Crippen LogP contribution >= 0.6 is 11.6 Å². The van der Waals surface area contributed by atoms with Crippen molar-refractivity contribution < 1.29 is 14.0 Å². The Hall–Kier alpha value is -3.56. The first-order chi connectivity index (χ1) is 14.5. The number of likely N-dealkylation sites (N-methyl/N-ethyl adjacent to an activating group) is 1. The average Bonchev–Trinajstić information content (AvgIpc) is 3.25. The maximum atomic E-state index is 12.9. The summed E-state index contributed by atoms with van der Waals surface area (Å²) in [6, 6.07) is 14.2. The highest BCUT2D eigenvalue weighted by Gasteiger charge is 2.20. The van der Waals surface area contributed by atoms with E-state index in [0.717, 1.165) is 5.56 Å². The van der Waals surface area contributed by atoms with E-state index < -0.39 is 0 Å². The summed E-state index contributed by atoms with van der Waals surface area (Å²) in [6.45, 7) is -0.106. The zero-order valence-corrected chi connectivity index (χ0v) is 17.1. The number of benzene rings is 2. The second kappa shape index (κ2) is 9.77. The lowest BCUT2D eigenvalue weighted by Crippen LogP contribution is -2.40. The van der Waals surface area contributed by atoms with Gasteiger partial charge in [0.25, 0.3) is 0 Å². The van der Waals surface area contributed by atoms with E-state index in [9.17, 15) is 9.59 Å². The fraction of sp³-hybridized carbons (Fsp3) is 0.174. The number of rotatable bonds is 7. The molecule has 2 aromatic carbocycles. The molecule has 0 atom stereocenters. The first-order valence-corrected chi connectivity index (χ1v) is 9.66. The molecule has 0 bridgehead atoms. The van der Waals surface area contributed by atoms with E-state index in [4.69, 9.17) is 22.4 Å². The fourth-order valence-electron chi connectivity index (χ4n) is 2.83. The van der Waals surface area contributed by atoms with E-state index in [1.807, 2.05) is 12.1 Å². The summed E-state index contributed by atoms with van der Waals surface area (Å²) in [4.78, 5) is 30.5. The molecule has 0 aliphatic rings. The number of hydrogen-bond acceptors (Lipinski definition) is 4. The van der Waals surface area contributed by atoms with E-state index in [-0.39, 0.29) is 24.8 Å². The highest BCUT2D eigenvalue weighted by molar-refractivity contribution is 6.30. The summed E-state index contributed by atoms with van der Waals surface area (Å²) in [5, 5.41) is 3.17. The Morgan fingerprint density at radius 1 is 1.23 bits per heavy atom. The Bertz CT molecular complexity index is 1080. The Morgan fingerprint density at radius 2 is 2.00 bits per heavy atom. The molecule has 0 saturated carbocycles. The molecule has 0 spiro atoms. The number of anilines is 1. The summed E-state index contributed by atoms with van der Waals surface area (Å²) in [5.74, 6) is 3.05. The molecule has 1 N–H and O–H groups in total. The summed E-state index contributed by atoms with van der Waals surface area (Å²) in [7, 11) is 1.52. The predicted octanol–water partition coefficient (Wildman–Crippen LogP) is 3.69. The van der Waals surface area contributed by atoms with E-state index in [1.54, 1.807) is 42.6 Å². The van der Waals surface area contributed by atoms with Gasteiger partial charge in [-0.25, -0.2) is 4.98 Å². The van der Waals surface area contributed by atoms with Crippen LogP contribution in [0.5, 0.6) is 0 Å². The van der Waals surface area contributed by atoms with Crippen LogP contribution in [0.4, 0.5) is 5.69 Å². The molecular weight excluding hydrogens is 402 g/mol. The molecule has 0 saturated heterocycles. The van der Waals surface area contributed by atoms with Crippen molar-refractivity contribution in [2.24, 2.45) is 0 Å². The third-order valence-electron chi connectivity index (χ3n) is 4.44. The topological polar surface area (TPSA) is 75.4 Å². The minimum atomic E-state index is -0.282. The van der Waals surface area contributed by atoms with Crippen LogP contribution in [-0.4, -0.2) is 30.4 Å². The van der Waals surface area contributed by atoms with Gasteiger partial charge in [0.15, 0.2) is 11.7 Å². The monoisotopic (exact) mass is 421 g/mol. The van der Waals surface area contributed by atoms with Crippen LogP contribution in [-0.2, 0) is 16.0 Å². The van der Waals surface area contributed by atoms with Crippen LogP contribution in [0.25, 0.3) is 11.3 Å². The Kier molecular flexibility index (Phi) is 6.89. The number of hydrogen-bond donors (Lipinski definition) is 1. The van der Waals surface area contributed by atoms with Gasteiger partial charge in [0.1, 0.15) is 6.54 Å². The number of aromatic nitrogens is 1. The molecule has 7 heteroatoms. The van der Waals surface area contributed by atoms with E-state index in [1.165, 1.54) is 11.9 Å². The van der Waals surface area contributed by atoms with Crippen LogP contribution in [0.2, 0.25) is 5.02 Å². The molecule has 0 unspecified atom stereocenters. The molecule has 152 valence electrons. The highest BCUT2D eigenvalue weighted by atomic mass is 35.5. The minimum Gasteiger partial charge on any atom is -0.441 e. The van der Waals surface area contributed by atoms with Gasteiger partial charge in [0.05, 0.1) is 6.20 Å². The van der Waals surface area contributed by atoms with Crippen molar-refractivity contribution >= 4 is 29.1 Å². The van der Waals surface area contributed by atoms with Crippen molar-refractivity contribution in [1.29, 1.82) is 0 Å². The van der Waals surface area contributed by atoms with Gasteiger partial charge in [-0.2, -0.15) is 0 Å². The van der Waals surface area contributed by atoms with E-state index >= 15 is 0 Å². The van der Waals surface area contributed by atoms with Gasteiger partial charge in [-0.1, -0.05) is 23.6 Å². The first-order valence-electron chi connectivity index (χ1n) is 9.28. The van der Waals surface area contributed by atoms with Crippen molar-refractivity contribution in [2.45, 2.75) is 12.8 Å². The van der Waals surface area contributed by atoms with Crippen molar-refractivity contribution in [3.63, 3.8) is 0 Å². The van der Waals surface area contributed by atoms with Gasteiger partial charge >= 0.3 is 0 Å². The molecule has 3 aromatic rings. The number of nitrogens with one attached hydrogen (secondary N) is 1. The molecule has 1 heterocycles. The fourth-order valence-corrected chi connectivity index (χ4v) is 2.96. The Morgan fingerprint density at radius 3 is 2.70 bits per heavy atom. The molecule has 30 heavy (non-hydrogen) atoms. The van der Waals surface area contributed by atoms with Crippen molar-refractivity contribution in [3.05, 3.63) is 71.2 Å². The van der Waals surface area contributed by atoms with Gasteiger partial charge < -0.3 is 14.6 Å². The lowest BCUT2D eigenvalue weighted by atomic mass is 10.1. The number of terminal acetylenes is 1. The SMILES string of the molecule is C#Cc1cccc(N(CC(=O)NC)C(=O)CCc2ncc(-c3ccc(Cl)cc3)o2)c1. The smallest absolute Gasteiger partial charge is 0.239 e. The summed E-state index contributed by atoms with van der Waals surface area (Å²) in [5.41, 5.74) is 2.03. The number of carbonyl (C=O) groups is 2.